The second kappa shape index (κ2) is 10.7. The number of para-hydroxylation sites is 2. The van der Waals surface area contributed by atoms with E-state index in [9.17, 15) is 0 Å². The van der Waals surface area contributed by atoms with E-state index < -0.39 is 0 Å². The summed E-state index contributed by atoms with van der Waals surface area (Å²) in [6.07, 6.45) is 0. The van der Waals surface area contributed by atoms with E-state index in [1.165, 1.54) is 70.7 Å². The highest BCUT2D eigenvalue weighted by Gasteiger charge is 2.23. The highest BCUT2D eigenvalue weighted by atomic mass is 32.2. The lowest BCUT2D eigenvalue weighted by Crippen LogP contribution is -2.01. The largest absolute Gasteiger partial charge is 0.307 e. The van der Waals surface area contributed by atoms with Gasteiger partial charge in [-0.1, -0.05) is 121 Å². The Morgan fingerprint density at radius 2 is 0.957 bits per heavy atom. The number of benzene rings is 7. The molecule has 7 aromatic carbocycles. The van der Waals surface area contributed by atoms with E-state index in [0.717, 1.165) is 11.1 Å². The van der Waals surface area contributed by atoms with Crippen LogP contribution in [-0.2, 0) is 0 Å². The molecule has 0 spiro atoms. The predicted octanol–water partition coefficient (Wildman–Crippen LogP) is 11.8. The summed E-state index contributed by atoms with van der Waals surface area (Å²) in [5.74, 6) is 0. The Bertz CT molecular complexity index is 2500. The molecule has 0 bridgehead atoms. The lowest BCUT2D eigenvalue weighted by Gasteiger charge is -2.21. The number of nitriles is 1. The Kier molecular flexibility index (Phi) is 6.16. The van der Waals surface area contributed by atoms with Crippen LogP contribution < -0.4 is 0 Å². The normalized spacial score (nSPS) is 11.8. The van der Waals surface area contributed by atoms with Crippen LogP contribution in [0.5, 0.6) is 0 Å². The number of rotatable bonds is 4. The van der Waals surface area contributed by atoms with Gasteiger partial charge in [0.05, 0.1) is 28.4 Å². The van der Waals surface area contributed by atoms with Crippen molar-refractivity contribution in [3.8, 4) is 56.3 Å². The minimum atomic E-state index is 0.675. The molecule has 2 heterocycles. The summed E-state index contributed by atoms with van der Waals surface area (Å²) < 4.78 is 2.44. The first kappa shape index (κ1) is 26.6. The lowest BCUT2D eigenvalue weighted by atomic mass is 9.95. The highest BCUT2D eigenvalue weighted by Crippen LogP contribution is 2.47. The lowest BCUT2D eigenvalue weighted by molar-refractivity contribution is 1.09. The van der Waals surface area contributed by atoms with Gasteiger partial charge in [0, 0.05) is 20.6 Å². The first-order valence-corrected chi connectivity index (χ1v) is 16.2. The average molecular weight is 603 g/mol. The molecule has 1 aliphatic rings. The van der Waals surface area contributed by atoms with E-state index in [2.05, 4.69) is 144 Å². The molecule has 0 atom stereocenters. The molecule has 3 heteroatoms. The number of hydrogen-bond donors (Lipinski definition) is 0. The molecule has 0 amide bonds. The molecule has 0 N–H and O–H groups in total. The maximum atomic E-state index is 9.11. The highest BCUT2D eigenvalue weighted by molar-refractivity contribution is 7.99. The molecule has 0 saturated carbocycles. The summed E-state index contributed by atoms with van der Waals surface area (Å²) in [4.78, 5) is 2.57. The van der Waals surface area contributed by atoms with E-state index in [1.807, 2.05) is 36.0 Å². The van der Waals surface area contributed by atoms with Crippen LogP contribution in [0.2, 0.25) is 0 Å². The SMILES string of the molecule is N#Cc1ccc(-c2ccc(-c3cccc(-c4cccc(-c5ccc6c(c5)Sc5cccc7c8ccccc8n-6c57)c4)c3)cc2)cc1. The molecule has 46 heavy (non-hydrogen) atoms. The van der Waals surface area contributed by atoms with Crippen LogP contribution in [0.15, 0.2) is 168 Å². The predicted molar refractivity (Wildman–Crippen MR) is 191 cm³/mol. The molecule has 9 rings (SSSR count). The molecule has 8 aromatic rings. The van der Waals surface area contributed by atoms with Gasteiger partial charge in [-0.3, -0.25) is 0 Å². The van der Waals surface area contributed by atoms with Crippen molar-refractivity contribution in [2.24, 2.45) is 0 Å². The smallest absolute Gasteiger partial charge is 0.0991 e. The Morgan fingerprint density at radius 1 is 0.435 bits per heavy atom. The number of hydrogen-bond acceptors (Lipinski definition) is 2. The Hall–Kier alpha value is -5.82. The third-order valence-corrected chi connectivity index (χ3v) is 10.1. The van der Waals surface area contributed by atoms with Gasteiger partial charge in [-0.15, -0.1) is 0 Å². The average Bonchev–Trinajstić information content (AvgIpc) is 3.47. The van der Waals surface area contributed by atoms with Crippen LogP contribution in [0, 0.1) is 11.3 Å². The van der Waals surface area contributed by atoms with Crippen LogP contribution >= 0.6 is 11.8 Å². The van der Waals surface area contributed by atoms with Gasteiger partial charge in [-0.25, -0.2) is 0 Å². The molecule has 2 nitrogen and oxygen atoms in total. The van der Waals surface area contributed by atoms with E-state index in [-0.39, 0.29) is 0 Å². The van der Waals surface area contributed by atoms with Gasteiger partial charge in [-0.2, -0.15) is 5.26 Å². The zero-order valence-electron chi connectivity index (χ0n) is 24.8. The van der Waals surface area contributed by atoms with Crippen LogP contribution in [0.4, 0.5) is 0 Å². The Morgan fingerprint density at radius 3 is 1.63 bits per heavy atom. The summed E-state index contributed by atoms with van der Waals surface area (Å²) in [5, 5.41) is 11.7. The zero-order chi connectivity index (χ0) is 30.6. The molecule has 0 saturated heterocycles. The van der Waals surface area contributed by atoms with Crippen molar-refractivity contribution in [2.45, 2.75) is 9.79 Å². The third-order valence-electron chi connectivity index (χ3n) is 9.04. The number of fused-ring (bicyclic) bond motifs is 5. The Balaban J connectivity index is 1.04. The summed E-state index contributed by atoms with van der Waals surface area (Å²) >= 11 is 1.87. The second-order valence-electron chi connectivity index (χ2n) is 11.7. The fraction of sp³-hybridized carbons (Fsp3) is 0. The van der Waals surface area contributed by atoms with Crippen LogP contribution in [-0.4, -0.2) is 4.57 Å². The summed E-state index contributed by atoms with van der Waals surface area (Å²) in [5.41, 5.74) is 13.9. The van der Waals surface area contributed by atoms with Gasteiger partial charge in [-0.05, 0) is 93.0 Å². The zero-order valence-corrected chi connectivity index (χ0v) is 25.6. The van der Waals surface area contributed by atoms with E-state index in [0.29, 0.717) is 5.56 Å². The fourth-order valence-corrected chi connectivity index (χ4v) is 7.88. The second-order valence-corrected chi connectivity index (χ2v) is 12.8. The van der Waals surface area contributed by atoms with Crippen LogP contribution in [0.1, 0.15) is 5.56 Å². The van der Waals surface area contributed by atoms with Crippen LogP contribution in [0.25, 0.3) is 72.0 Å². The molecule has 0 radical (unpaired) electrons. The molecule has 0 unspecified atom stereocenters. The van der Waals surface area contributed by atoms with Crippen molar-refractivity contribution in [1.82, 2.24) is 4.57 Å². The van der Waals surface area contributed by atoms with Crippen molar-refractivity contribution in [3.63, 3.8) is 0 Å². The number of nitrogens with zero attached hydrogens (tertiary/aromatic N) is 2. The quantitative estimate of drug-likeness (QED) is 0.200. The van der Waals surface area contributed by atoms with Gasteiger partial charge >= 0.3 is 0 Å². The van der Waals surface area contributed by atoms with E-state index in [4.69, 9.17) is 5.26 Å². The van der Waals surface area contributed by atoms with E-state index >= 15 is 0 Å². The molecule has 0 aliphatic carbocycles. The minimum absolute atomic E-state index is 0.675. The van der Waals surface area contributed by atoms with Crippen molar-refractivity contribution in [3.05, 3.63) is 163 Å². The fourth-order valence-electron chi connectivity index (χ4n) is 6.75. The molecular weight excluding hydrogens is 577 g/mol. The topological polar surface area (TPSA) is 28.7 Å². The van der Waals surface area contributed by atoms with Gasteiger partial charge < -0.3 is 4.57 Å². The maximum Gasteiger partial charge on any atom is 0.0991 e. The third kappa shape index (κ3) is 4.35. The van der Waals surface area contributed by atoms with Gasteiger partial charge in [0.15, 0.2) is 0 Å². The van der Waals surface area contributed by atoms with Crippen molar-refractivity contribution >= 4 is 33.6 Å². The first-order valence-electron chi connectivity index (χ1n) is 15.4. The monoisotopic (exact) mass is 602 g/mol. The van der Waals surface area contributed by atoms with Crippen molar-refractivity contribution in [2.75, 3.05) is 0 Å². The standard InChI is InChI=1S/C43H26N2S/c44-27-28-14-16-29(17-15-28)30-18-20-31(21-19-30)32-6-3-7-33(24-32)34-8-4-9-35(25-34)36-22-23-40-42(26-36)46-41-13-5-11-38-37-10-1-2-12-39(37)45(40)43(38)41/h1-26H. The Labute approximate surface area is 271 Å². The van der Waals surface area contributed by atoms with Crippen molar-refractivity contribution in [1.29, 1.82) is 5.26 Å². The first-order chi connectivity index (χ1) is 22.7. The molecule has 214 valence electrons. The summed E-state index contributed by atoms with van der Waals surface area (Å²) in [6.45, 7) is 0. The van der Waals surface area contributed by atoms with Crippen LogP contribution in [0.3, 0.4) is 0 Å². The number of aromatic nitrogens is 1. The summed E-state index contributed by atoms with van der Waals surface area (Å²) in [6, 6.07) is 58.5. The summed E-state index contributed by atoms with van der Waals surface area (Å²) in [7, 11) is 0. The maximum absolute atomic E-state index is 9.11. The van der Waals surface area contributed by atoms with Gasteiger partial charge in [0.25, 0.3) is 0 Å². The van der Waals surface area contributed by atoms with Crippen molar-refractivity contribution < 1.29 is 0 Å². The van der Waals surface area contributed by atoms with E-state index in [1.54, 1.807) is 0 Å². The molecular formula is C43H26N2S. The van der Waals surface area contributed by atoms with Gasteiger partial charge in [0.1, 0.15) is 0 Å². The molecule has 1 aromatic heterocycles. The molecule has 0 fully saturated rings. The minimum Gasteiger partial charge on any atom is -0.307 e. The molecule has 1 aliphatic heterocycles. The van der Waals surface area contributed by atoms with Gasteiger partial charge in [0.2, 0.25) is 0 Å².